The molecule has 2 fully saturated rings. The first-order valence-corrected chi connectivity index (χ1v) is 7.39. The van der Waals surface area contributed by atoms with Gasteiger partial charge in [-0.1, -0.05) is 0 Å². The van der Waals surface area contributed by atoms with Gasteiger partial charge in [0, 0.05) is 31.4 Å². The minimum atomic E-state index is 0.733. The molecule has 0 bridgehead atoms. The smallest absolute Gasteiger partial charge is 0.209 e. The number of nitrogens with zero attached hydrogens (tertiary/aromatic N) is 3. The van der Waals surface area contributed by atoms with Crippen molar-refractivity contribution >= 4 is 16.8 Å². The van der Waals surface area contributed by atoms with Crippen LogP contribution in [0.2, 0.25) is 0 Å². The standard InChI is InChI=1S/C15H20N4O/c16-11-3-4-14-13(8-11)17-15(20-14)10-18-6-7-19-5-1-2-12(19)9-18/h3-4,8,12H,1-2,5-7,9-10,16H2. The zero-order valence-corrected chi connectivity index (χ0v) is 11.6. The van der Waals surface area contributed by atoms with Crippen LogP contribution in [0.5, 0.6) is 0 Å². The molecular weight excluding hydrogens is 252 g/mol. The molecule has 2 saturated heterocycles. The number of hydrogen-bond donors (Lipinski definition) is 1. The third-order valence-electron chi connectivity index (χ3n) is 4.49. The third kappa shape index (κ3) is 2.17. The number of rotatable bonds is 2. The lowest BCUT2D eigenvalue weighted by Gasteiger charge is -2.36. The van der Waals surface area contributed by atoms with Crippen LogP contribution in [-0.2, 0) is 6.54 Å². The Morgan fingerprint density at radius 1 is 1.30 bits per heavy atom. The Morgan fingerprint density at radius 3 is 3.20 bits per heavy atom. The maximum atomic E-state index is 5.82. The highest BCUT2D eigenvalue weighted by molar-refractivity contribution is 5.76. The second kappa shape index (κ2) is 4.75. The molecule has 2 aliphatic rings. The van der Waals surface area contributed by atoms with Crippen LogP contribution in [0.4, 0.5) is 5.69 Å². The monoisotopic (exact) mass is 272 g/mol. The van der Waals surface area contributed by atoms with Gasteiger partial charge in [0.05, 0.1) is 6.54 Å². The van der Waals surface area contributed by atoms with Gasteiger partial charge in [0.1, 0.15) is 5.52 Å². The maximum Gasteiger partial charge on any atom is 0.209 e. The summed E-state index contributed by atoms with van der Waals surface area (Å²) in [7, 11) is 0. The van der Waals surface area contributed by atoms with E-state index in [2.05, 4.69) is 14.8 Å². The fraction of sp³-hybridized carbons (Fsp3) is 0.533. The van der Waals surface area contributed by atoms with E-state index in [0.29, 0.717) is 0 Å². The summed E-state index contributed by atoms with van der Waals surface area (Å²) in [6.45, 7) is 5.51. The molecule has 1 unspecified atom stereocenters. The Morgan fingerprint density at radius 2 is 2.25 bits per heavy atom. The van der Waals surface area contributed by atoms with E-state index in [1.54, 1.807) is 0 Å². The Bertz CT molecular complexity index is 623. The van der Waals surface area contributed by atoms with E-state index in [1.807, 2.05) is 18.2 Å². The molecule has 0 aliphatic carbocycles. The first-order chi connectivity index (χ1) is 9.78. The lowest BCUT2D eigenvalue weighted by atomic mass is 10.1. The van der Waals surface area contributed by atoms with Crippen LogP contribution < -0.4 is 5.73 Å². The molecule has 2 aromatic rings. The number of nitrogens with two attached hydrogens (primary N) is 1. The predicted molar refractivity (Wildman–Crippen MR) is 78.3 cm³/mol. The molecule has 5 nitrogen and oxygen atoms in total. The summed E-state index contributed by atoms with van der Waals surface area (Å²) < 4.78 is 5.82. The summed E-state index contributed by atoms with van der Waals surface area (Å²) in [6, 6.07) is 6.37. The van der Waals surface area contributed by atoms with Gasteiger partial charge >= 0.3 is 0 Å². The quantitative estimate of drug-likeness (QED) is 0.843. The Balaban J connectivity index is 1.49. The normalized spacial score (nSPS) is 24.3. The van der Waals surface area contributed by atoms with E-state index in [0.717, 1.165) is 48.4 Å². The topological polar surface area (TPSA) is 58.5 Å². The van der Waals surface area contributed by atoms with E-state index in [1.165, 1.54) is 25.9 Å². The van der Waals surface area contributed by atoms with Crippen LogP contribution in [0.3, 0.4) is 0 Å². The molecule has 20 heavy (non-hydrogen) atoms. The number of fused-ring (bicyclic) bond motifs is 2. The second-order valence-electron chi connectivity index (χ2n) is 5.90. The minimum absolute atomic E-state index is 0.733. The molecule has 1 aromatic carbocycles. The van der Waals surface area contributed by atoms with Gasteiger partial charge in [-0.15, -0.1) is 0 Å². The molecule has 1 atom stereocenters. The largest absolute Gasteiger partial charge is 0.439 e. The van der Waals surface area contributed by atoms with Crippen molar-refractivity contribution in [2.24, 2.45) is 0 Å². The molecule has 0 saturated carbocycles. The van der Waals surface area contributed by atoms with E-state index in [-0.39, 0.29) is 0 Å². The molecule has 4 rings (SSSR count). The first-order valence-electron chi connectivity index (χ1n) is 7.39. The van der Waals surface area contributed by atoms with Gasteiger partial charge in [0.15, 0.2) is 5.58 Å². The summed E-state index contributed by atoms with van der Waals surface area (Å²) >= 11 is 0. The van der Waals surface area contributed by atoms with Gasteiger partial charge in [-0.25, -0.2) is 4.98 Å². The van der Waals surface area contributed by atoms with Gasteiger partial charge in [-0.3, -0.25) is 9.80 Å². The molecule has 106 valence electrons. The van der Waals surface area contributed by atoms with E-state index in [4.69, 9.17) is 10.2 Å². The molecule has 1 aromatic heterocycles. The number of benzene rings is 1. The number of hydrogen-bond acceptors (Lipinski definition) is 5. The first kappa shape index (κ1) is 12.2. The summed E-state index contributed by atoms with van der Waals surface area (Å²) in [5.74, 6) is 0.803. The van der Waals surface area contributed by atoms with Crippen LogP contribution in [0.15, 0.2) is 22.6 Å². The number of oxazole rings is 1. The highest BCUT2D eigenvalue weighted by Gasteiger charge is 2.30. The number of nitrogen functional groups attached to an aromatic ring is 1. The zero-order chi connectivity index (χ0) is 13.5. The number of aromatic nitrogens is 1. The average Bonchev–Trinajstić information content (AvgIpc) is 3.03. The van der Waals surface area contributed by atoms with Crippen molar-refractivity contribution in [3.05, 3.63) is 24.1 Å². The Kier molecular flexibility index (Phi) is 2.89. The SMILES string of the molecule is Nc1ccc2oc(CN3CCN4CCCC4C3)nc2c1. The number of anilines is 1. The molecule has 0 amide bonds. The van der Waals surface area contributed by atoms with E-state index in [9.17, 15) is 0 Å². The van der Waals surface area contributed by atoms with Crippen molar-refractivity contribution in [3.8, 4) is 0 Å². The third-order valence-corrected chi connectivity index (χ3v) is 4.49. The summed E-state index contributed by atoms with van der Waals surface area (Å²) in [5, 5.41) is 0. The van der Waals surface area contributed by atoms with Crippen LogP contribution >= 0.6 is 0 Å². The molecule has 3 heterocycles. The van der Waals surface area contributed by atoms with Crippen LogP contribution in [0.25, 0.3) is 11.1 Å². The van der Waals surface area contributed by atoms with Gasteiger partial charge < -0.3 is 10.2 Å². The summed E-state index contributed by atoms with van der Waals surface area (Å²) in [6.07, 6.45) is 2.68. The zero-order valence-electron chi connectivity index (χ0n) is 11.6. The predicted octanol–water partition coefficient (Wildman–Crippen LogP) is 1.69. The lowest BCUT2D eigenvalue weighted by Crippen LogP contribution is -2.49. The van der Waals surface area contributed by atoms with Crippen LogP contribution in [-0.4, -0.2) is 47.0 Å². The highest BCUT2D eigenvalue weighted by atomic mass is 16.3. The molecule has 5 heteroatoms. The molecular formula is C15H20N4O. The Labute approximate surface area is 118 Å². The molecule has 2 aliphatic heterocycles. The summed E-state index contributed by atoms with van der Waals surface area (Å²) in [5.41, 5.74) is 8.20. The summed E-state index contributed by atoms with van der Waals surface area (Å²) in [4.78, 5) is 9.62. The fourth-order valence-corrected chi connectivity index (χ4v) is 3.45. The van der Waals surface area contributed by atoms with Gasteiger partial charge in [0.25, 0.3) is 0 Å². The van der Waals surface area contributed by atoms with E-state index < -0.39 is 0 Å². The number of piperazine rings is 1. The van der Waals surface area contributed by atoms with Crippen LogP contribution in [0, 0.1) is 0 Å². The van der Waals surface area contributed by atoms with Crippen LogP contribution in [0.1, 0.15) is 18.7 Å². The average molecular weight is 272 g/mol. The van der Waals surface area contributed by atoms with Crippen molar-refractivity contribution < 1.29 is 4.42 Å². The second-order valence-corrected chi connectivity index (χ2v) is 5.90. The molecule has 0 radical (unpaired) electrons. The lowest BCUT2D eigenvalue weighted by molar-refractivity contribution is 0.0932. The Hall–Kier alpha value is -1.59. The van der Waals surface area contributed by atoms with E-state index >= 15 is 0 Å². The van der Waals surface area contributed by atoms with Gasteiger partial charge in [-0.2, -0.15) is 0 Å². The fourth-order valence-electron chi connectivity index (χ4n) is 3.45. The van der Waals surface area contributed by atoms with Crippen molar-refractivity contribution in [3.63, 3.8) is 0 Å². The van der Waals surface area contributed by atoms with Crippen molar-refractivity contribution in [1.29, 1.82) is 0 Å². The van der Waals surface area contributed by atoms with Crippen molar-refractivity contribution in [1.82, 2.24) is 14.8 Å². The van der Waals surface area contributed by atoms with Gasteiger partial charge in [-0.05, 0) is 37.6 Å². The minimum Gasteiger partial charge on any atom is -0.439 e. The van der Waals surface area contributed by atoms with Crippen molar-refractivity contribution in [2.45, 2.75) is 25.4 Å². The molecule has 0 spiro atoms. The van der Waals surface area contributed by atoms with Crippen molar-refractivity contribution in [2.75, 3.05) is 31.9 Å². The van der Waals surface area contributed by atoms with Gasteiger partial charge in [0.2, 0.25) is 5.89 Å². The molecule has 2 N–H and O–H groups in total. The maximum absolute atomic E-state index is 5.82. The highest BCUT2D eigenvalue weighted by Crippen LogP contribution is 2.24.